The first-order valence-corrected chi connectivity index (χ1v) is 7.57. The van der Waals surface area contributed by atoms with Gasteiger partial charge in [-0.25, -0.2) is 4.79 Å². The van der Waals surface area contributed by atoms with Crippen molar-refractivity contribution in [1.82, 2.24) is 4.90 Å². The second-order valence-electron chi connectivity index (χ2n) is 5.97. The van der Waals surface area contributed by atoms with Crippen molar-refractivity contribution in [2.45, 2.75) is 57.0 Å². The van der Waals surface area contributed by atoms with Crippen molar-refractivity contribution < 1.29 is 19.5 Å². The van der Waals surface area contributed by atoms with Crippen LogP contribution in [0.1, 0.15) is 44.9 Å². The molecule has 2 saturated heterocycles. The van der Waals surface area contributed by atoms with Crippen molar-refractivity contribution in [3.8, 4) is 0 Å². The van der Waals surface area contributed by atoms with Gasteiger partial charge in [0.05, 0.1) is 13.0 Å². The number of piperidine rings is 1. The molecule has 2 atom stereocenters. The van der Waals surface area contributed by atoms with E-state index >= 15 is 0 Å². The summed E-state index contributed by atoms with van der Waals surface area (Å²) in [4.78, 5) is 17.8. The Labute approximate surface area is 118 Å². The minimum atomic E-state index is -0.737. The topological polar surface area (TPSA) is 71.4 Å². The van der Waals surface area contributed by atoms with Crippen LogP contribution in [-0.4, -0.2) is 47.3 Å². The maximum Gasteiger partial charge on any atom is 0.407 e. The molecule has 0 aromatic carbocycles. The van der Waals surface area contributed by atoms with Crippen LogP contribution in [0.2, 0.25) is 0 Å². The van der Waals surface area contributed by atoms with E-state index in [9.17, 15) is 9.90 Å². The number of oxime groups is 1. The SMILES string of the molecule is O=C(O)N1C2CCC1CC(CCCOC1=NOCC1)C2. The Morgan fingerprint density at radius 2 is 2.15 bits per heavy atom. The van der Waals surface area contributed by atoms with E-state index in [-0.39, 0.29) is 12.1 Å². The summed E-state index contributed by atoms with van der Waals surface area (Å²) in [6, 6.07) is 0.509. The predicted molar refractivity (Wildman–Crippen MR) is 72.6 cm³/mol. The summed E-state index contributed by atoms with van der Waals surface area (Å²) in [6.07, 6.45) is 6.29. The molecule has 2 fully saturated rings. The fraction of sp³-hybridized carbons (Fsp3) is 0.857. The van der Waals surface area contributed by atoms with E-state index < -0.39 is 6.09 Å². The maximum absolute atomic E-state index is 11.2. The van der Waals surface area contributed by atoms with Crippen molar-refractivity contribution in [3.63, 3.8) is 0 Å². The van der Waals surface area contributed by atoms with E-state index in [0.717, 1.165) is 44.9 Å². The second kappa shape index (κ2) is 5.89. The fourth-order valence-corrected chi connectivity index (χ4v) is 3.79. The van der Waals surface area contributed by atoms with E-state index in [2.05, 4.69) is 5.16 Å². The van der Waals surface area contributed by atoms with Gasteiger partial charge < -0.3 is 19.6 Å². The summed E-state index contributed by atoms with van der Waals surface area (Å²) < 4.78 is 5.54. The molecule has 3 rings (SSSR count). The van der Waals surface area contributed by atoms with Crippen molar-refractivity contribution in [2.75, 3.05) is 13.2 Å². The van der Waals surface area contributed by atoms with Gasteiger partial charge in [-0.1, -0.05) is 5.16 Å². The molecule has 2 bridgehead atoms. The van der Waals surface area contributed by atoms with Crippen LogP contribution in [0.5, 0.6) is 0 Å². The Bertz CT molecular complexity index is 385. The average Bonchev–Trinajstić information content (AvgIpc) is 3.02. The van der Waals surface area contributed by atoms with Gasteiger partial charge in [0.2, 0.25) is 5.90 Å². The first-order chi connectivity index (χ1) is 9.74. The lowest BCUT2D eigenvalue weighted by Crippen LogP contribution is -2.45. The highest BCUT2D eigenvalue weighted by Gasteiger charge is 2.42. The smallest absolute Gasteiger partial charge is 0.407 e. The van der Waals surface area contributed by atoms with Gasteiger partial charge in [0.25, 0.3) is 0 Å². The summed E-state index contributed by atoms with van der Waals surface area (Å²) in [7, 11) is 0. The number of carboxylic acid groups (broad SMARTS) is 1. The summed E-state index contributed by atoms with van der Waals surface area (Å²) in [6.45, 7) is 1.32. The lowest BCUT2D eigenvalue weighted by molar-refractivity contribution is 0.0814. The van der Waals surface area contributed by atoms with Gasteiger partial charge in [0, 0.05) is 12.1 Å². The number of ether oxygens (including phenoxy) is 1. The van der Waals surface area contributed by atoms with Crippen LogP contribution in [0.3, 0.4) is 0 Å². The molecule has 0 aliphatic carbocycles. The number of carbonyl (C=O) groups is 1. The van der Waals surface area contributed by atoms with Crippen LogP contribution in [-0.2, 0) is 9.57 Å². The van der Waals surface area contributed by atoms with Crippen LogP contribution >= 0.6 is 0 Å². The highest BCUT2D eigenvalue weighted by Crippen LogP contribution is 2.40. The summed E-state index contributed by atoms with van der Waals surface area (Å²) in [5.74, 6) is 1.36. The van der Waals surface area contributed by atoms with Crippen molar-refractivity contribution in [3.05, 3.63) is 0 Å². The standard InChI is InChI=1S/C14H22N2O4/c17-14(18)16-11-3-4-12(16)9-10(8-11)2-1-6-19-13-5-7-20-15-13/h10-12H,1-9H2,(H,17,18). The number of hydrogen-bond acceptors (Lipinski definition) is 4. The molecule has 0 aromatic heterocycles. The number of nitrogens with zero attached hydrogens (tertiary/aromatic N) is 2. The number of fused-ring (bicyclic) bond motifs is 2. The van der Waals surface area contributed by atoms with E-state index in [1.54, 1.807) is 4.90 Å². The van der Waals surface area contributed by atoms with Crippen molar-refractivity contribution in [1.29, 1.82) is 0 Å². The zero-order valence-corrected chi connectivity index (χ0v) is 11.7. The molecule has 2 unspecified atom stereocenters. The minimum absolute atomic E-state index is 0.254. The first-order valence-electron chi connectivity index (χ1n) is 7.57. The predicted octanol–water partition coefficient (Wildman–Crippen LogP) is 2.44. The molecular weight excluding hydrogens is 260 g/mol. The van der Waals surface area contributed by atoms with Gasteiger partial charge in [0.1, 0.15) is 6.61 Å². The number of rotatable bonds is 4. The number of amides is 1. The quantitative estimate of drug-likeness (QED) is 0.804. The summed E-state index contributed by atoms with van der Waals surface area (Å²) >= 11 is 0. The monoisotopic (exact) mass is 282 g/mol. The van der Waals surface area contributed by atoms with Crippen LogP contribution in [0.15, 0.2) is 5.16 Å². The van der Waals surface area contributed by atoms with E-state index in [1.165, 1.54) is 0 Å². The van der Waals surface area contributed by atoms with Crippen LogP contribution < -0.4 is 0 Å². The van der Waals surface area contributed by atoms with Crippen molar-refractivity contribution in [2.24, 2.45) is 11.1 Å². The molecule has 1 amide bonds. The highest BCUT2D eigenvalue weighted by atomic mass is 16.7. The molecule has 3 aliphatic heterocycles. The molecular formula is C14H22N2O4. The van der Waals surface area contributed by atoms with E-state index in [0.29, 0.717) is 25.0 Å². The Kier molecular flexibility index (Phi) is 3.98. The van der Waals surface area contributed by atoms with Gasteiger partial charge >= 0.3 is 6.09 Å². The van der Waals surface area contributed by atoms with Crippen LogP contribution in [0.25, 0.3) is 0 Å². The third kappa shape index (κ3) is 2.83. The van der Waals surface area contributed by atoms with E-state index in [4.69, 9.17) is 9.57 Å². The van der Waals surface area contributed by atoms with Crippen LogP contribution in [0, 0.1) is 5.92 Å². The number of hydrogen-bond donors (Lipinski definition) is 1. The van der Waals surface area contributed by atoms with Gasteiger partial charge in [0.15, 0.2) is 0 Å². The molecule has 0 saturated carbocycles. The molecule has 0 spiro atoms. The first kappa shape index (κ1) is 13.5. The van der Waals surface area contributed by atoms with Gasteiger partial charge in [-0.3, -0.25) is 0 Å². The highest BCUT2D eigenvalue weighted by molar-refractivity contribution is 5.76. The lowest BCUT2D eigenvalue weighted by Gasteiger charge is -2.37. The Balaban J connectivity index is 1.39. The third-order valence-corrected chi connectivity index (χ3v) is 4.65. The Morgan fingerprint density at radius 1 is 1.40 bits per heavy atom. The normalized spacial score (nSPS) is 31.9. The molecule has 6 heteroatoms. The molecule has 112 valence electrons. The average molecular weight is 282 g/mol. The van der Waals surface area contributed by atoms with Crippen molar-refractivity contribution >= 4 is 12.0 Å². The van der Waals surface area contributed by atoms with E-state index in [1.807, 2.05) is 0 Å². The Morgan fingerprint density at radius 3 is 2.75 bits per heavy atom. The molecule has 0 radical (unpaired) electrons. The molecule has 0 aromatic rings. The minimum Gasteiger partial charge on any atom is -0.479 e. The molecule has 6 nitrogen and oxygen atoms in total. The zero-order valence-electron chi connectivity index (χ0n) is 11.7. The largest absolute Gasteiger partial charge is 0.479 e. The third-order valence-electron chi connectivity index (χ3n) is 4.65. The lowest BCUT2D eigenvalue weighted by atomic mass is 9.87. The second-order valence-corrected chi connectivity index (χ2v) is 5.97. The maximum atomic E-state index is 11.2. The molecule has 3 aliphatic rings. The zero-order chi connectivity index (χ0) is 13.9. The fourth-order valence-electron chi connectivity index (χ4n) is 3.79. The van der Waals surface area contributed by atoms with Gasteiger partial charge in [-0.15, -0.1) is 0 Å². The van der Waals surface area contributed by atoms with Gasteiger partial charge in [-0.05, 0) is 44.4 Å². The molecule has 3 heterocycles. The van der Waals surface area contributed by atoms with Crippen LogP contribution in [0.4, 0.5) is 4.79 Å². The Hall–Kier alpha value is -1.46. The summed E-state index contributed by atoms with van der Waals surface area (Å²) in [5, 5.41) is 13.0. The molecule has 20 heavy (non-hydrogen) atoms. The molecule has 1 N–H and O–H groups in total. The summed E-state index contributed by atoms with van der Waals surface area (Å²) in [5.41, 5.74) is 0. The van der Waals surface area contributed by atoms with Gasteiger partial charge in [-0.2, -0.15) is 0 Å².